The summed E-state index contributed by atoms with van der Waals surface area (Å²) in [6, 6.07) is 13.5. The Labute approximate surface area is 146 Å². The molecule has 25 heavy (non-hydrogen) atoms. The second-order valence-corrected chi connectivity index (χ2v) is 5.49. The van der Waals surface area contributed by atoms with Crippen LogP contribution in [0, 0.1) is 18.8 Å². The highest BCUT2D eigenvalue weighted by molar-refractivity contribution is 5.93. The molecule has 0 fully saturated rings. The van der Waals surface area contributed by atoms with Crippen molar-refractivity contribution in [3.8, 4) is 17.6 Å². The Kier molecular flexibility index (Phi) is 4.78. The first-order chi connectivity index (χ1) is 12.1. The number of hydrogen-bond donors (Lipinski definition) is 1. The number of aryl methyl sites for hydroxylation is 1. The van der Waals surface area contributed by atoms with Crippen molar-refractivity contribution in [2.24, 2.45) is 0 Å². The summed E-state index contributed by atoms with van der Waals surface area (Å²) in [7, 11) is 1.59. The third-order valence-electron chi connectivity index (χ3n) is 3.85. The second-order valence-electron chi connectivity index (χ2n) is 5.49. The number of aliphatic hydroxyl groups is 1. The highest BCUT2D eigenvalue weighted by atomic mass is 16.5. The number of hydrogen-bond acceptors (Lipinski definition) is 4. The second kappa shape index (κ2) is 7.16. The number of aromatic nitrogens is 2. The largest absolute Gasteiger partial charge is 0.495 e. The van der Waals surface area contributed by atoms with Crippen molar-refractivity contribution < 1.29 is 9.84 Å². The average molecular weight is 330 g/mol. The SMILES string of the molecule is C=C(c1ccc(OC)c(C#CCO)c1)c1nc(C)nc2ccccc12. The van der Waals surface area contributed by atoms with E-state index >= 15 is 0 Å². The maximum atomic E-state index is 8.95. The lowest BCUT2D eigenvalue weighted by Crippen LogP contribution is -1.99. The highest BCUT2D eigenvalue weighted by Crippen LogP contribution is 2.29. The average Bonchev–Trinajstić information content (AvgIpc) is 2.64. The van der Waals surface area contributed by atoms with E-state index < -0.39 is 0 Å². The number of benzene rings is 2. The molecule has 0 atom stereocenters. The molecule has 4 heteroatoms. The zero-order valence-electron chi connectivity index (χ0n) is 14.2. The van der Waals surface area contributed by atoms with Crippen molar-refractivity contribution in [1.82, 2.24) is 9.97 Å². The van der Waals surface area contributed by atoms with Crippen molar-refractivity contribution in [2.75, 3.05) is 13.7 Å². The summed E-state index contributed by atoms with van der Waals surface area (Å²) in [5, 5.41) is 9.90. The number of rotatable bonds is 3. The van der Waals surface area contributed by atoms with Gasteiger partial charge in [-0.25, -0.2) is 9.97 Å². The lowest BCUT2D eigenvalue weighted by molar-refractivity contribution is 0.350. The predicted octanol–water partition coefficient (Wildman–Crippen LogP) is 3.35. The monoisotopic (exact) mass is 330 g/mol. The van der Waals surface area contributed by atoms with Crippen LogP contribution in [0.15, 0.2) is 49.0 Å². The molecule has 0 bridgehead atoms. The third kappa shape index (κ3) is 3.37. The fraction of sp³-hybridized carbons (Fsp3) is 0.143. The molecule has 3 aromatic rings. The summed E-state index contributed by atoms with van der Waals surface area (Å²) in [6.45, 7) is 5.90. The molecule has 0 amide bonds. The van der Waals surface area contributed by atoms with Crippen molar-refractivity contribution in [3.63, 3.8) is 0 Å². The summed E-state index contributed by atoms with van der Waals surface area (Å²) < 4.78 is 5.33. The van der Waals surface area contributed by atoms with E-state index in [0.717, 1.165) is 27.7 Å². The van der Waals surface area contributed by atoms with Gasteiger partial charge in [0.1, 0.15) is 18.2 Å². The van der Waals surface area contributed by atoms with Crippen molar-refractivity contribution >= 4 is 16.5 Å². The Morgan fingerprint density at radius 2 is 2.00 bits per heavy atom. The maximum Gasteiger partial charge on any atom is 0.134 e. The molecule has 0 saturated heterocycles. The van der Waals surface area contributed by atoms with E-state index in [4.69, 9.17) is 9.84 Å². The van der Waals surface area contributed by atoms with Crippen LogP contribution in [-0.2, 0) is 0 Å². The molecule has 0 aliphatic heterocycles. The van der Waals surface area contributed by atoms with Gasteiger partial charge in [-0.05, 0) is 30.7 Å². The molecule has 0 aliphatic rings. The van der Waals surface area contributed by atoms with Crippen LogP contribution < -0.4 is 4.74 Å². The molecule has 0 aliphatic carbocycles. The number of fused-ring (bicyclic) bond motifs is 1. The first-order valence-corrected chi connectivity index (χ1v) is 7.85. The van der Waals surface area contributed by atoms with Crippen LogP contribution in [0.1, 0.15) is 22.6 Å². The molecule has 1 aromatic heterocycles. The number of ether oxygens (including phenoxy) is 1. The number of nitrogens with zero attached hydrogens (tertiary/aromatic N) is 2. The van der Waals surface area contributed by atoms with Gasteiger partial charge in [-0.1, -0.05) is 42.7 Å². The number of methoxy groups -OCH3 is 1. The summed E-state index contributed by atoms with van der Waals surface area (Å²) >= 11 is 0. The number of para-hydroxylation sites is 1. The van der Waals surface area contributed by atoms with E-state index in [0.29, 0.717) is 17.1 Å². The van der Waals surface area contributed by atoms with E-state index in [1.807, 2.05) is 49.4 Å². The summed E-state index contributed by atoms with van der Waals surface area (Å²) in [6.07, 6.45) is 0. The minimum absolute atomic E-state index is 0.204. The van der Waals surface area contributed by atoms with Gasteiger partial charge in [0.25, 0.3) is 0 Å². The highest BCUT2D eigenvalue weighted by Gasteiger charge is 2.12. The van der Waals surface area contributed by atoms with Gasteiger partial charge in [0.15, 0.2) is 0 Å². The standard InChI is InChI=1S/C21H18N2O2/c1-14(16-10-11-20(25-3)17(13-16)7-6-12-24)21-18-8-4-5-9-19(18)22-15(2)23-21/h4-5,8-11,13,24H,1,12H2,2-3H3. The first kappa shape index (κ1) is 16.7. The van der Waals surface area contributed by atoms with Gasteiger partial charge < -0.3 is 9.84 Å². The quantitative estimate of drug-likeness (QED) is 0.748. The first-order valence-electron chi connectivity index (χ1n) is 7.85. The van der Waals surface area contributed by atoms with E-state index in [1.54, 1.807) is 7.11 Å². The van der Waals surface area contributed by atoms with Gasteiger partial charge in [0.05, 0.1) is 23.9 Å². The Hall–Kier alpha value is -3.16. The topological polar surface area (TPSA) is 55.2 Å². The van der Waals surface area contributed by atoms with Crippen molar-refractivity contribution in [1.29, 1.82) is 0 Å². The molecule has 0 radical (unpaired) electrons. The van der Waals surface area contributed by atoms with Gasteiger partial charge >= 0.3 is 0 Å². The lowest BCUT2D eigenvalue weighted by Gasteiger charge is -2.12. The maximum absolute atomic E-state index is 8.95. The molecule has 1 heterocycles. The fourth-order valence-electron chi connectivity index (χ4n) is 2.69. The predicted molar refractivity (Wildman–Crippen MR) is 99.4 cm³/mol. The van der Waals surface area contributed by atoms with Crippen LogP contribution in [-0.4, -0.2) is 28.8 Å². The van der Waals surface area contributed by atoms with Crippen LogP contribution in [0.3, 0.4) is 0 Å². The van der Waals surface area contributed by atoms with Crippen LogP contribution in [0.2, 0.25) is 0 Å². The molecule has 4 nitrogen and oxygen atoms in total. The molecular formula is C21H18N2O2. The van der Waals surface area contributed by atoms with Crippen LogP contribution in [0.4, 0.5) is 0 Å². The van der Waals surface area contributed by atoms with Crippen LogP contribution >= 0.6 is 0 Å². The van der Waals surface area contributed by atoms with Gasteiger partial charge in [-0.3, -0.25) is 0 Å². The van der Waals surface area contributed by atoms with Crippen molar-refractivity contribution in [3.05, 3.63) is 71.7 Å². The fourth-order valence-corrected chi connectivity index (χ4v) is 2.69. The van der Waals surface area contributed by atoms with Gasteiger partial charge in [-0.2, -0.15) is 0 Å². The Balaban J connectivity index is 2.13. The van der Waals surface area contributed by atoms with E-state index in [2.05, 4.69) is 28.4 Å². The number of aliphatic hydroxyl groups excluding tert-OH is 1. The van der Waals surface area contributed by atoms with E-state index in [-0.39, 0.29) is 6.61 Å². The minimum Gasteiger partial charge on any atom is -0.495 e. The normalized spacial score (nSPS) is 10.2. The Bertz CT molecular complexity index is 1010. The molecule has 0 spiro atoms. The van der Waals surface area contributed by atoms with E-state index in [1.165, 1.54) is 0 Å². The summed E-state index contributed by atoms with van der Waals surface area (Å²) in [5.74, 6) is 6.92. The third-order valence-corrected chi connectivity index (χ3v) is 3.85. The zero-order chi connectivity index (χ0) is 17.8. The van der Waals surface area contributed by atoms with E-state index in [9.17, 15) is 0 Å². The molecule has 0 unspecified atom stereocenters. The molecule has 1 N–H and O–H groups in total. The molecule has 3 rings (SSSR count). The summed E-state index contributed by atoms with van der Waals surface area (Å²) in [5.41, 5.74) is 4.07. The molecule has 0 saturated carbocycles. The zero-order valence-corrected chi connectivity index (χ0v) is 14.2. The Morgan fingerprint density at radius 1 is 1.20 bits per heavy atom. The Morgan fingerprint density at radius 3 is 2.76 bits per heavy atom. The lowest BCUT2D eigenvalue weighted by atomic mass is 9.98. The molecular weight excluding hydrogens is 312 g/mol. The van der Waals surface area contributed by atoms with Gasteiger partial charge in [0.2, 0.25) is 0 Å². The van der Waals surface area contributed by atoms with Crippen LogP contribution in [0.5, 0.6) is 5.75 Å². The smallest absolute Gasteiger partial charge is 0.134 e. The van der Waals surface area contributed by atoms with Crippen LogP contribution in [0.25, 0.3) is 16.5 Å². The van der Waals surface area contributed by atoms with Gasteiger partial charge in [0, 0.05) is 11.0 Å². The van der Waals surface area contributed by atoms with Gasteiger partial charge in [-0.15, -0.1) is 0 Å². The minimum atomic E-state index is -0.204. The van der Waals surface area contributed by atoms with Crippen molar-refractivity contribution in [2.45, 2.75) is 6.92 Å². The molecule has 2 aromatic carbocycles. The molecule has 124 valence electrons. The summed E-state index contributed by atoms with van der Waals surface area (Å²) in [4.78, 5) is 9.07.